The Labute approximate surface area is 120 Å². The van der Waals surface area contributed by atoms with E-state index in [0.717, 1.165) is 0 Å². The van der Waals surface area contributed by atoms with Gasteiger partial charge in [-0.15, -0.1) is 0 Å². The molecule has 0 saturated carbocycles. The minimum Gasteiger partial charge on any atom is -0.481 e. The molecule has 1 heterocycles. The molecular formula is C12H20F3N3O3. The Hall–Kier alpha value is -1.51. The third-order valence-electron chi connectivity index (χ3n) is 3.55. The van der Waals surface area contributed by atoms with E-state index in [-0.39, 0.29) is 26.2 Å². The van der Waals surface area contributed by atoms with Crippen LogP contribution in [0.1, 0.15) is 13.8 Å². The highest BCUT2D eigenvalue weighted by atomic mass is 19.4. The molecule has 0 bridgehead atoms. The minimum atomic E-state index is -4.24. The SMILES string of the molecule is CC(NC(=O)N1CCN(CC(F)(F)F)CC1)C(C)C(=O)O. The highest BCUT2D eigenvalue weighted by Gasteiger charge is 2.33. The molecule has 2 unspecified atom stereocenters. The molecule has 9 heteroatoms. The van der Waals surface area contributed by atoms with Crippen molar-refractivity contribution in [1.29, 1.82) is 0 Å². The summed E-state index contributed by atoms with van der Waals surface area (Å²) in [5.41, 5.74) is 0. The highest BCUT2D eigenvalue weighted by molar-refractivity contribution is 5.76. The summed E-state index contributed by atoms with van der Waals surface area (Å²) in [5, 5.41) is 11.4. The fourth-order valence-corrected chi connectivity index (χ4v) is 1.99. The predicted molar refractivity (Wildman–Crippen MR) is 68.9 cm³/mol. The number of carbonyl (C=O) groups excluding carboxylic acids is 1. The fourth-order valence-electron chi connectivity index (χ4n) is 1.99. The van der Waals surface area contributed by atoms with Gasteiger partial charge in [0, 0.05) is 32.2 Å². The molecule has 2 atom stereocenters. The molecular weight excluding hydrogens is 291 g/mol. The Morgan fingerprint density at radius 2 is 1.71 bits per heavy atom. The molecule has 2 amide bonds. The number of carboxylic acids is 1. The van der Waals surface area contributed by atoms with E-state index in [0.29, 0.717) is 0 Å². The van der Waals surface area contributed by atoms with E-state index in [9.17, 15) is 22.8 Å². The second-order valence-electron chi connectivity index (χ2n) is 5.24. The summed E-state index contributed by atoms with van der Waals surface area (Å²) in [6.45, 7) is 2.76. The van der Waals surface area contributed by atoms with Gasteiger partial charge in [-0.3, -0.25) is 9.69 Å². The van der Waals surface area contributed by atoms with Gasteiger partial charge in [-0.2, -0.15) is 13.2 Å². The number of carboxylic acid groups (broad SMARTS) is 1. The summed E-state index contributed by atoms with van der Waals surface area (Å²) in [7, 11) is 0. The van der Waals surface area contributed by atoms with E-state index < -0.39 is 36.7 Å². The lowest BCUT2D eigenvalue weighted by atomic mass is 10.0. The normalized spacial score (nSPS) is 20.0. The van der Waals surface area contributed by atoms with Crippen LogP contribution in [0.15, 0.2) is 0 Å². The van der Waals surface area contributed by atoms with Crippen LogP contribution in [0.2, 0.25) is 0 Å². The first kappa shape index (κ1) is 17.5. The molecule has 0 aromatic rings. The molecule has 1 rings (SSSR count). The number of piperazine rings is 1. The van der Waals surface area contributed by atoms with E-state index in [1.54, 1.807) is 6.92 Å². The van der Waals surface area contributed by atoms with Crippen LogP contribution in [-0.4, -0.2) is 71.8 Å². The number of halogens is 3. The van der Waals surface area contributed by atoms with Crippen LogP contribution in [0.5, 0.6) is 0 Å². The van der Waals surface area contributed by atoms with Gasteiger partial charge in [0.05, 0.1) is 12.5 Å². The summed E-state index contributed by atoms with van der Waals surface area (Å²) in [6.07, 6.45) is -4.24. The molecule has 122 valence electrons. The Balaban J connectivity index is 2.40. The zero-order valence-corrected chi connectivity index (χ0v) is 12.0. The van der Waals surface area contributed by atoms with Gasteiger partial charge < -0.3 is 15.3 Å². The Kier molecular flexibility index (Phi) is 5.82. The van der Waals surface area contributed by atoms with Crippen molar-refractivity contribution in [3.05, 3.63) is 0 Å². The number of amides is 2. The van der Waals surface area contributed by atoms with E-state index in [4.69, 9.17) is 5.11 Å². The summed E-state index contributed by atoms with van der Waals surface area (Å²) >= 11 is 0. The number of aliphatic carboxylic acids is 1. The van der Waals surface area contributed by atoms with Crippen LogP contribution in [0, 0.1) is 5.92 Å². The third kappa shape index (κ3) is 5.78. The van der Waals surface area contributed by atoms with Crippen molar-refractivity contribution in [3.8, 4) is 0 Å². The smallest absolute Gasteiger partial charge is 0.401 e. The number of carbonyl (C=O) groups is 2. The van der Waals surface area contributed by atoms with Crippen LogP contribution < -0.4 is 5.32 Å². The monoisotopic (exact) mass is 311 g/mol. The van der Waals surface area contributed by atoms with E-state index in [2.05, 4.69) is 5.32 Å². The molecule has 1 aliphatic heterocycles. The quantitative estimate of drug-likeness (QED) is 0.812. The highest BCUT2D eigenvalue weighted by Crippen LogP contribution is 2.17. The summed E-state index contributed by atoms with van der Waals surface area (Å²) in [6, 6.07) is -0.995. The Morgan fingerprint density at radius 3 is 2.14 bits per heavy atom. The van der Waals surface area contributed by atoms with Crippen molar-refractivity contribution < 1.29 is 27.9 Å². The van der Waals surface area contributed by atoms with Gasteiger partial charge in [-0.05, 0) is 13.8 Å². The zero-order chi connectivity index (χ0) is 16.2. The second kappa shape index (κ2) is 6.97. The van der Waals surface area contributed by atoms with Gasteiger partial charge in [0.1, 0.15) is 0 Å². The van der Waals surface area contributed by atoms with Gasteiger partial charge in [0.25, 0.3) is 0 Å². The number of nitrogens with one attached hydrogen (secondary N) is 1. The molecule has 2 N–H and O–H groups in total. The van der Waals surface area contributed by atoms with Gasteiger partial charge in [-0.25, -0.2) is 4.79 Å². The predicted octanol–water partition coefficient (Wildman–Crippen LogP) is 0.985. The first-order valence-electron chi connectivity index (χ1n) is 6.67. The molecule has 1 fully saturated rings. The lowest BCUT2D eigenvalue weighted by Crippen LogP contribution is -2.55. The summed E-state index contributed by atoms with van der Waals surface area (Å²) < 4.78 is 36.7. The molecule has 0 radical (unpaired) electrons. The standard InChI is InChI=1S/C12H20F3N3O3/c1-8(10(19)20)9(2)16-11(21)18-5-3-17(4-6-18)7-12(13,14)15/h8-9H,3-7H2,1-2H3,(H,16,21)(H,19,20). The van der Waals surface area contributed by atoms with Gasteiger partial charge in [0.15, 0.2) is 0 Å². The third-order valence-corrected chi connectivity index (χ3v) is 3.55. The number of alkyl halides is 3. The van der Waals surface area contributed by atoms with Crippen LogP contribution in [0.4, 0.5) is 18.0 Å². The van der Waals surface area contributed by atoms with Crippen LogP contribution in [-0.2, 0) is 4.79 Å². The molecule has 1 saturated heterocycles. The fraction of sp³-hybridized carbons (Fsp3) is 0.833. The number of urea groups is 1. The van der Waals surface area contributed by atoms with Crippen molar-refractivity contribution in [2.24, 2.45) is 5.92 Å². The molecule has 0 aromatic carbocycles. The van der Waals surface area contributed by atoms with Crippen LogP contribution in [0.3, 0.4) is 0 Å². The van der Waals surface area contributed by atoms with Crippen molar-refractivity contribution in [2.75, 3.05) is 32.7 Å². The van der Waals surface area contributed by atoms with E-state index in [1.165, 1.54) is 16.7 Å². The molecule has 21 heavy (non-hydrogen) atoms. The topological polar surface area (TPSA) is 72.9 Å². The van der Waals surface area contributed by atoms with Gasteiger partial charge in [0.2, 0.25) is 0 Å². The first-order chi connectivity index (χ1) is 9.60. The molecule has 0 spiro atoms. The number of nitrogens with zero attached hydrogens (tertiary/aromatic N) is 2. The number of rotatable bonds is 4. The number of hydrogen-bond acceptors (Lipinski definition) is 3. The van der Waals surface area contributed by atoms with Gasteiger partial charge in [-0.1, -0.05) is 0 Å². The summed E-state index contributed by atoms with van der Waals surface area (Å²) in [4.78, 5) is 25.3. The minimum absolute atomic E-state index is 0.149. The lowest BCUT2D eigenvalue weighted by molar-refractivity contribution is -0.148. The van der Waals surface area contributed by atoms with E-state index in [1.807, 2.05) is 0 Å². The second-order valence-corrected chi connectivity index (χ2v) is 5.24. The average molecular weight is 311 g/mol. The first-order valence-corrected chi connectivity index (χ1v) is 6.67. The van der Waals surface area contributed by atoms with Crippen LogP contribution >= 0.6 is 0 Å². The molecule has 0 aromatic heterocycles. The number of hydrogen-bond donors (Lipinski definition) is 2. The van der Waals surface area contributed by atoms with Crippen molar-refractivity contribution in [3.63, 3.8) is 0 Å². The van der Waals surface area contributed by atoms with Crippen LogP contribution in [0.25, 0.3) is 0 Å². The Bertz CT molecular complexity index is 382. The Morgan fingerprint density at radius 1 is 1.19 bits per heavy atom. The van der Waals surface area contributed by atoms with Crippen molar-refractivity contribution in [1.82, 2.24) is 15.1 Å². The maximum Gasteiger partial charge on any atom is 0.401 e. The lowest BCUT2D eigenvalue weighted by Gasteiger charge is -2.35. The maximum atomic E-state index is 12.2. The largest absolute Gasteiger partial charge is 0.481 e. The van der Waals surface area contributed by atoms with E-state index >= 15 is 0 Å². The van der Waals surface area contributed by atoms with Gasteiger partial charge >= 0.3 is 18.2 Å². The zero-order valence-electron chi connectivity index (χ0n) is 12.0. The van der Waals surface area contributed by atoms with Crippen molar-refractivity contribution in [2.45, 2.75) is 26.1 Å². The summed E-state index contributed by atoms with van der Waals surface area (Å²) in [5.74, 6) is -1.75. The average Bonchev–Trinajstić information content (AvgIpc) is 2.36. The molecule has 6 nitrogen and oxygen atoms in total. The molecule has 0 aliphatic carbocycles. The maximum absolute atomic E-state index is 12.2. The molecule has 1 aliphatic rings. The van der Waals surface area contributed by atoms with Crippen molar-refractivity contribution >= 4 is 12.0 Å².